The average molecular weight is 344 g/mol. The lowest BCUT2D eigenvalue weighted by molar-refractivity contribution is 0.237. The van der Waals surface area contributed by atoms with Gasteiger partial charge < -0.3 is 9.84 Å². The predicted octanol–water partition coefficient (Wildman–Crippen LogP) is 4.42. The number of rotatable bonds is 8. The van der Waals surface area contributed by atoms with Crippen molar-refractivity contribution in [2.45, 2.75) is 40.7 Å². The maximum atomic E-state index is 9.94. The highest BCUT2D eigenvalue weighted by Gasteiger charge is 2.13. The van der Waals surface area contributed by atoms with Gasteiger partial charge in [-0.3, -0.25) is 4.90 Å². The van der Waals surface area contributed by atoms with Crippen molar-refractivity contribution >= 4 is 15.9 Å². The van der Waals surface area contributed by atoms with Crippen LogP contribution in [0.1, 0.15) is 39.7 Å². The lowest BCUT2D eigenvalue weighted by atomic mass is 10.1. The van der Waals surface area contributed by atoms with E-state index in [4.69, 9.17) is 4.74 Å². The van der Waals surface area contributed by atoms with Gasteiger partial charge in [-0.05, 0) is 53.0 Å². The monoisotopic (exact) mass is 343 g/mol. The Morgan fingerprint density at radius 3 is 2.55 bits per heavy atom. The molecule has 0 aliphatic heterocycles. The Morgan fingerprint density at radius 2 is 2.00 bits per heavy atom. The third kappa shape index (κ3) is 4.98. The van der Waals surface area contributed by atoms with Gasteiger partial charge >= 0.3 is 0 Å². The zero-order valence-electron chi connectivity index (χ0n) is 12.9. The molecular weight excluding hydrogens is 318 g/mol. The highest BCUT2D eigenvalue weighted by atomic mass is 79.9. The zero-order valence-corrected chi connectivity index (χ0v) is 14.5. The van der Waals surface area contributed by atoms with E-state index in [-0.39, 0.29) is 5.75 Å². The third-order valence-electron chi connectivity index (χ3n) is 3.51. The van der Waals surface area contributed by atoms with Crippen LogP contribution < -0.4 is 4.74 Å². The topological polar surface area (TPSA) is 32.7 Å². The number of halogens is 1. The van der Waals surface area contributed by atoms with Crippen LogP contribution >= 0.6 is 15.9 Å². The summed E-state index contributed by atoms with van der Waals surface area (Å²) in [6.07, 6.45) is 1.19. The highest BCUT2D eigenvalue weighted by Crippen LogP contribution is 2.35. The second-order valence-electron chi connectivity index (χ2n) is 5.20. The average Bonchev–Trinajstić information content (AvgIpc) is 2.43. The molecule has 0 aliphatic rings. The summed E-state index contributed by atoms with van der Waals surface area (Å²) in [6, 6.07) is 3.90. The van der Waals surface area contributed by atoms with Crippen LogP contribution in [0.4, 0.5) is 0 Å². The molecule has 0 heterocycles. The predicted molar refractivity (Wildman–Crippen MR) is 87.4 cm³/mol. The molecule has 0 amide bonds. The molecule has 114 valence electrons. The summed E-state index contributed by atoms with van der Waals surface area (Å²) in [5.74, 6) is 1.43. The molecule has 0 spiro atoms. The fourth-order valence-corrected chi connectivity index (χ4v) is 2.61. The van der Waals surface area contributed by atoms with Crippen LogP contribution in [-0.4, -0.2) is 29.7 Å². The molecule has 0 aromatic heterocycles. The summed E-state index contributed by atoms with van der Waals surface area (Å²) in [5.41, 5.74) is 1.16. The number of aromatic hydroxyl groups is 1. The summed E-state index contributed by atoms with van der Waals surface area (Å²) in [7, 11) is 0. The van der Waals surface area contributed by atoms with E-state index in [9.17, 15) is 5.11 Å². The Bertz CT molecular complexity index is 423. The van der Waals surface area contributed by atoms with E-state index in [2.05, 4.69) is 41.6 Å². The van der Waals surface area contributed by atoms with Gasteiger partial charge in [0, 0.05) is 13.1 Å². The third-order valence-corrected chi connectivity index (χ3v) is 4.11. The fourth-order valence-electron chi connectivity index (χ4n) is 2.12. The van der Waals surface area contributed by atoms with Crippen LogP contribution in [0.2, 0.25) is 0 Å². The molecule has 1 rings (SSSR count). The molecule has 0 radical (unpaired) electrons. The van der Waals surface area contributed by atoms with Gasteiger partial charge in [-0.2, -0.15) is 0 Å². The lowest BCUT2D eigenvalue weighted by Crippen LogP contribution is -2.27. The first kappa shape index (κ1) is 17.3. The number of nitrogens with zero attached hydrogens (tertiary/aromatic N) is 1. The normalized spacial score (nSPS) is 12.7. The first-order valence-corrected chi connectivity index (χ1v) is 8.17. The van der Waals surface area contributed by atoms with E-state index in [1.165, 1.54) is 6.42 Å². The first-order valence-electron chi connectivity index (χ1n) is 7.38. The molecule has 0 bridgehead atoms. The molecule has 0 fully saturated rings. The molecule has 3 nitrogen and oxygen atoms in total. The zero-order chi connectivity index (χ0) is 15.1. The van der Waals surface area contributed by atoms with E-state index in [1.807, 2.05) is 19.1 Å². The summed E-state index contributed by atoms with van der Waals surface area (Å²) in [4.78, 5) is 2.42. The maximum Gasteiger partial charge on any atom is 0.172 e. The van der Waals surface area contributed by atoms with Gasteiger partial charge in [0.15, 0.2) is 11.5 Å². The van der Waals surface area contributed by atoms with Crippen LogP contribution in [0, 0.1) is 5.92 Å². The number of phenols is 1. The Morgan fingerprint density at radius 1 is 1.30 bits per heavy atom. The Hall–Kier alpha value is -0.740. The van der Waals surface area contributed by atoms with Crippen molar-refractivity contribution in [2.24, 2.45) is 5.92 Å². The maximum absolute atomic E-state index is 9.94. The number of ether oxygens (including phenoxy) is 1. The van der Waals surface area contributed by atoms with Gasteiger partial charge in [-0.15, -0.1) is 0 Å². The number of phenolic OH excluding ortho intramolecular Hbond substituents is 1. The molecule has 0 saturated carbocycles. The van der Waals surface area contributed by atoms with Crippen LogP contribution in [-0.2, 0) is 6.54 Å². The molecule has 1 atom stereocenters. The van der Waals surface area contributed by atoms with Gasteiger partial charge in [0.05, 0.1) is 11.1 Å². The van der Waals surface area contributed by atoms with E-state index >= 15 is 0 Å². The van der Waals surface area contributed by atoms with Crippen LogP contribution in [0.25, 0.3) is 0 Å². The second kappa shape index (κ2) is 8.53. The quantitative estimate of drug-likeness (QED) is 0.758. The molecule has 1 aromatic rings. The summed E-state index contributed by atoms with van der Waals surface area (Å²) in [5, 5.41) is 9.94. The minimum atomic E-state index is 0.181. The molecule has 1 aromatic carbocycles. The van der Waals surface area contributed by atoms with E-state index in [1.54, 1.807) is 0 Å². The smallest absolute Gasteiger partial charge is 0.172 e. The molecule has 0 saturated heterocycles. The SMILES string of the molecule is CCOc1cc(CN(CC)CC(C)CC)cc(Br)c1O. The Labute approximate surface area is 131 Å². The fraction of sp³-hybridized carbons (Fsp3) is 0.625. The van der Waals surface area contributed by atoms with Crippen molar-refractivity contribution in [3.05, 3.63) is 22.2 Å². The largest absolute Gasteiger partial charge is 0.503 e. The summed E-state index contributed by atoms with van der Waals surface area (Å²) < 4.78 is 6.17. The lowest BCUT2D eigenvalue weighted by Gasteiger charge is -2.24. The van der Waals surface area contributed by atoms with E-state index in [0.29, 0.717) is 22.7 Å². The number of hydrogen-bond acceptors (Lipinski definition) is 3. The van der Waals surface area contributed by atoms with Crippen LogP contribution in [0.5, 0.6) is 11.5 Å². The van der Waals surface area contributed by atoms with Crippen molar-refractivity contribution in [3.63, 3.8) is 0 Å². The first-order chi connectivity index (χ1) is 9.51. The molecule has 4 heteroatoms. The number of hydrogen-bond donors (Lipinski definition) is 1. The molecule has 1 unspecified atom stereocenters. The minimum absolute atomic E-state index is 0.181. The van der Waals surface area contributed by atoms with Crippen molar-refractivity contribution in [3.8, 4) is 11.5 Å². The van der Waals surface area contributed by atoms with E-state index in [0.717, 1.165) is 25.2 Å². The number of benzene rings is 1. The van der Waals surface area contributed by atoms with E-state index < -0.39 is 0 Å². The van der Waals surface area contributed by atoms with Gasteiger partial charge in [0.2, 0.25) is 0 Å². The molecule has 1 N–H and O–H groups in total. The Kier molecular flexibility index (Phi) is 7.38. The molecular formula is C16H26BrNO2. The van der Waals surface area contributed by atoms with Crippen molar-refractivity contribution in [1.82, 2.24) is 4.90 Å². The summed E-state index contributed by atoms with van der Waals surface area (Å²) in [6.45, 7) is 12.1. The van der Waals surface area contributed by atoms with Gasteiger partial charge in [0.25, 0.3) is 0 Å². The second-order valence-corrected chi connectivity index (χ2v) is 6.05. The van der Waals surface area contributed by atoms with Crippen molar-refractivity contribution in [2.75, 3.05) is 19.7 Å². The van der Waals surface area contributed by atoms with Gasteiger partial charge in [-0.1, -0.05) is 27.2 Å². The van der Waals surface area contributed by atoms with Crippen molar-refractivity contribution in [1.29, 1.82) is 0 Å². The highest BCUT2D eigenvalue weighted by molar-refractivity contribution is 9.10. The van der Waals surface area contributed by atoms with Gasteiger partial charge in [0.1, 0.15) is 0 Å². The molecule has 20 heavy (non-hydrogen) atoms. The van der Waals surface area contributed by atoms with Crippen LogP contribution in [0.15, 0.2) is 16.6 Å². The molecule has 0 aliphatic carbocycles. The minimum Gasteiger partial charge on any atom is -0.503 e. The Balaban J connectivity index is 2.84. The van der Waals surface area contributed by atoms with Crippen molar-refractivity contribution < 1.29 is 9.84 Å². The van der Waals surface area contributed by atoms with Gasteiger partial charge in [-0.25, -0.2) is 0 Å². The summed E-state index contributed by atoms with van der Waals surface area (Å²) >= 11 is 3.39. The van der Waals surface area contributed by atoms with Crippen LogP contribution in [0.3, 0.4) is 0 Å². The standard InChI is InChI=1S/C16H26BrNO2/c1-5-12(4)10-18(6-2)11-13-8-14(17)16(19)15(9-13)20-7-3/h8-9,12,19H,5-7,10-11H2,1-4H3.